The molecule has 2 aromatic heterocycles. The summed E-state index contributed by atoms with van der Waals surface area (Å²) in [4.78, 5) is 20.1. The predicted octanol–water partition coefficient (Wildman–Crippen LogP) is 2.98. The van der Waals surface area contributed by atoms with Gasteiger partial charge >= 0.3 is 0 Å². The van der Waals surface area contributed by atoms with Crippen molar-refractivity contribution in [3.8, 4) is 17.2 Å². The van der Waals surface area contributed by atoms with Crippen LogP contribution in [0.2, 0.25) is 0 Å². The van der Waals surface area contributed by atoms with Crippen molar-refractivity contribution in [3.63, 3.8) is 0 Å². The Kier molecular flexibility index (Phi) is 5.29. The standard InChI is InChI=1S/C25H29N3O4/c1-15-21(30-3)11-19-20-13-27(12-17(20)14-32-24(19)23(15)31-4)10-8-18-16(2)26-22-7-5-6-9-28(22)25(18)29/h5-7,9,11,17,20H,8,10,12-14H2,1-4H3/t17-,20-/m1/s1. The molecule has 1 saturated heterocycles. The number of rotatable bonds is 5. The number of methoxy groups -OCH3 is 2. The summed E-state index contributed by atoms with van der Waals surface area (Å²) >= 11 is 0. The minimum atomic E-state index is 0.0309. The van der Waals surface area contributed by atoms with Crippen LogP contribution < -0.4 is 19.8 Å². The lowest BCUT2D eigenvalue weighted by Gasteiger charge is -2.30. The van der Waals surface area contributed by atoms with Crippen LogP contribution >= 0.6 is 0 Å². The number of hydrogen-bond acceptors (Lipinski definition) is 6. The van der Waals surface area contributed by atoms with Gasteiger partial charge in [0, 0.05) is 60.1 Å². The van der Waals surface area contributed by atoms with Gasteiger partial charge < -0.3 is 19.1 Å². The molecule has 4 heterocycles. The molecule has 0 aliphatic carbocycles. The van der Waals surface area contributed by atoms with Crippen molar-refractivity contribution >= 4 is 5.65 Å². The molecule has 3 aromatic rings. The smallest absolute Gasteiger partial charge is 0.261 e. The molecule has 7 nitrogen and oxygen atoms in total. The van der Waals surface area contributed by atoms with E-state index in [1.54, 1.807) is 24.8 Å². The van der Waals surface area contributed by atoms with Crippen molar-refractivity contribution in [1.29, 1.82) is 0 Å². The zero-order valence-electron chi connectivity index (χ0n) is 19.1. The Morgan fingerprint density at radius 3 is 2.81 bits per heavy atom. The zero-order valence-corrected chi connectivity index (χ0v) is 19.1. The highest BCUT2D eigenvalue weighted by Crippen LogP contribution is 2.49. The summed E-state index contributed by atoms with van der Waals surface area (Å²) in [7, 11) is 3.37. The molecule has 0 amide bonds. The Morgan fingerprint density at radius 1 is 1.19 bits per heavy atom. The normalized spacial score (nSPS) is 20.0. The number of aryl methyl sites for hydroxylation is 1. The first-order valence-electron chi connectivity index (χ1n) is 11.1. The van der Waals surface area contributed by atoms with Crippen LogP contribution in [-0.4, -0.2) is 54.7 Å². The van der Waals surface area contributed by atoms with Crippen LogP contribution in [0.5, 0.6) is 17.2 Å². The zero-order chi connectivity index (χ0) is 22.4. The number of hydrogen-bond donors (Lipinski definition) is 0. The summed E-state index contributed by atoms with van der Waals surface area (Å²) in [5, 5.41) is 0. The van der Waals surface area contributed by atoms with E-state index in [4.69, 9.17) is 14.2 Å². The van der Waals surface area contributed by atoms with Gasteiger partial charge in [-0.15, -0.1) is 0 Å². The van der Waals surface area contributed by atoms with Crippen molar-refractivity contribution in [3.05, 3.63) is 63.2 Å². The summed E-state index contributed by atoms with van der Waals surface area (Å²) in [5.74, 6) is 3.22. The van der Waals surface area contributed by atoms with E-state index in [2.05, 4.69) is 16.0 Å². The third kappa shape index (κ3) is 3.32. The minimum Gasteiger partial charge on any atom is -0.496 e. The lowest BCUT2D eigenvalue weighted by Crippen LogP contribution is -2.28. The van der Waals surface area contributed by atoms with Crippen LogP contribution in [0.25, 0.3) is 5.65 Å². The Balaban J connectivity index is 1.38. The summed E-state index contributed by atoms with van der Waals surface area (Å²) in [5.41, 5.74) is 4.45. The van der Waals surface area contributed by atoms with Crippen molar-refractivity contribution in [1.82, 2.24) is 14.3 Å². The maximum atomic E-state index is 13.0. The second-order valence-corrected chi connectivity index (χ2v) is 8.75. The number of likely N-dealkylation sites (tertiary alicyclic amines) is 1. The number of benzene rings is 1. The van der Waals surface area contributed by atoms with Crippen LogP contribution in [0.4, 0.5) is 0 Å². The molecule has 0 saturated carbocycles. The molecule has 0 unspecified atom stereocenters. The quantitative estimate of drug-likeness (QED) is 0.614. The highest BCUT2D eigenvalue weighted by Gasteiger charge is 2.40. The molecule has 168 valence electrons. The van der Waals surface area contributed by atoms with Gasteiger partial charge in [-0.2, -0.15) is 0 Å². The lowest BCUT2D eigenvalue weighted by molar-refractivity contribution is 0.203. The molecule has 0 N–H and O–H groups in total. The molecule has 7 heteroatoms. The van der Waals surface area contributed by atoms with E-state index in [-0.39, 0.29) is 5.56 Å². The highest BCUT2D eigenvalue weighted by atomic mass is 16.5. The number of aromatic nitrogens is 2. The fraction of sp³-hybridized carbons (Fsp3) is 0.440. The van der Waals surface area contributed by atoms with Gasteiger partial charge in [0.1, 0.15) is 11.4 Å². The number of pyridine rings is 1. The van der Waals surface area contributed by atoms with E-state index < -0.39 is 0 Å². The molecule has 0 spiro atoms. The molecule has 2 aliphatic heterocycles. The third-order valence-electron chi connectivity index (χ3n) is 6.96. The first kappa shape index (κ1) is 20.8. The molecular formula is C25H29N3O4. The molecule has 5 rings (SSSR count). The van der Waals surface area contributed by atoms with E-state index >= 15 is 0 Å². The van der Waals surface area contributed by atoms with Gasteiger partial charge in [0.15, 0.2) is 11.5 Å². The van der Waals surface area contributed by atoms with Gasteiger partial charge in [-0.3, -0.25) is 9.20 Å². The Bertz CT molecular complexity index is 1240. The molecule has 1 aromatic carbocycles. The Morgan fingerprint density at radius 2 is 2.03 bits per heavy atom. The van der Waals surface area contributed by atoms with Gasteiger partial charge in [0.05, 0.1) is 20.8 Å². The molecular weight excluding hydrogens is 406 g/mol. The van der Waals surface area contributed by atoms with Crippen LogP contribution in [0.1, 0.15) is 28.3 Å². The summed E-state index contributed by atoms with van der Waals surface area (Å²) in [6, 6.07) is 7.74. The molecule has 1 fully saturated rings. The monoisotopic (exact) mass is 435 g/mol. The van der Waals surface area contributed by atoms with E-state index in [0.29, 0.717) is 30.5 Å². The Labute approximate surface area is 187 Å². The Hall–Kier alpha value is -3.06. The van der Waals surface area contributed by atoms with Crippen molar-refractivity contribution in [2.75, 3.05) is 40.5 Å². The van der Waals surface area contributed by atoms with E-state index in [9.17, 15) is 4.79 Å². The topological polar surface area (TPSA) is 65.3 Å². The van der Waals surface area contributed by atoms with Gasteiger partial charge in [0.2, 0.25) is 0 Å². The van der Waals surface area contributed by atoms with Crippen LogP contribution in [-0.2, 0) is 6.42 Å². The minimum absolute atomic E-state index is 0.0309. The van der Waals surface area contributed by atoms with Gasteiger partial charge in [0.25, 0.3) is 5.56 Å². The predicted molar refractivity (Wildman–Crippen MR) is 122 cm³/mol. The molecule has 2 atom stereocenters. The first-order chi connectivity index (χ1) is 15.5. The van der Waals surface area contributed by atoms with E-state index in [0.717, 1.165) is 59.3 Å². The average Bonchev–Trinajstić information content (AvgIpc) is 3.22. The molecule has 0 bridgehead atoms. The number of ether oxygens (including phenoxy) is 3. The SMILES string of the molecule is COc1cc2c(c(OC)c1C)OC[C@H]1CN(CCc3c(C)nc4ccccn4c3=O)C[C@@H]21. The number of nitrogens with zero attached hydrogens (tertiary/aromatic N) is 3. The van der Waals surface area contributed by atoms with Crippen molar-refractivity contribution < 1.29 is 14.2 Å². The second kappa shape index (κ2) is 8.13. The average molecular weight is 436 g/mol. The van der Waals surface area contributed by atoms with E-state index in [1.165, 1.54) is 0 Å². The fourth-order valence-corrected chi connectivity index (χ4v) is 5.26. The van der Waals surface area contributed by atoms with Crippen LogP contribution in [0, 0.1) is 19.8 Å². The molecule has 0 radical (unpaired) electrons. The number of fused-ring (bicyclic) bond motifs is 4. The summed E-state index contributed by atoms with van der Waals surface area (Å²) < 4.78 is 19.1. The third-order valence-corrected chi connectivity index (χ3v) is 6.96. The molecule has 32 heavy (non-hydrogen) atoms. The van der Waals surface area contributed by atoms with Gasteiger partial charge in [-0.05, 0) is 38.5 Å². The van der Waals surface area contributed by atoms with E-state index in [1.807, 2.05) is 32.0 Å². The highest BCUT2D eigenvalue weighted by molar-refractivity contribution is 5.60. The van der Waals surface area contributed by atoms with Gasteiger partial charge in [-0.1, -0.05) is 6.07 Å². The van der Waals surface area contributed by atoms with Crippen molar-refractivity contribution in [2.45, 2.75) is 26.2 Å². The van der Waals surface area contributed by atoms with Crippen LogP contribution in [0.3, 0.4) is 0 Å². The first-order valence-corrected chi connectivity index (χ1v) is 11.1. The van der Waals surface area contributed by atoms with Crippen molar-refractivity contribution in [2.24, 2.45) is 5.92 Å². The summed E-state index contributed by atoms with van der Waals surface area (Å²) in [6.45, 7) is 7.29. The lowest BCUT2D eigenvalue weighted by atomic mass is 9.86. The summed E-state index contributed by atoms with van der Waals surface area (Å²) in [6.07, 6.45) is 2.47. The van der Waals surface area contributed by atoms with Crippen LogP contribution in [0.15, 0.2) is 35.3 Å². The molecule has 2 aliphatic rings. The van der Waals surface area contributed by atoms with Gasteiger partial charge in [-0.25, -0.2) is 4.98 Å². The fourth-order valence-electron chi connectivity index (χ4n) is 5.26. The maximum absolute atomic E-state index is 13.0. The largest absolute Gasteiger partial charge is 0.496 e. The second-order valence-electron chi connectivity index (χ2n) is 8.75. The maximum Gasteiger partial charge on any atom is 0.261 e.